The van der Waals surface area contributed by atoms with Crippen molar-refractivity contribution in [3.63, 3.8) is 0 Å². The maximum atomic E-state index is 12.4. The molecule has 2 rings (SSSR count). The highest BCUT2D eigenvalue weighted by atomic mass is 79.9. The van der Waals surface area contributed by atoms with Crippen LogP contribution < -0.4 is 10.2 Å². The number of hydrogen-bond donors (Lipinski definition) is 2. The summed E-state index contributed by atoms with van der Waals surface area (Å²) in [4.78, 5) is 24.8. The maximum Gasteiger partial charge on any atom is 0.282 e. The van der Waals surface area contributed by atoms with Crippen molar-refractivity contribution < 1.29 is 14.5 Å². The summed E-state index contributed by atoms with van der Waals surface area (Å²) in [6.45, 7) is 4.18. The monoisotopic (exact) mass is 389 g/mol. The molecular formula is C19H22BrN2O2+. The quantitative estimate of drug-likeness (QED) is 0.746. The van der Waals surface area contributed by atoms with E-state index in [4.69, 9.17) is 0 Å². The van der Waals surface area contributed by atoms with Crippen molar-refractivity contribution in [2.24, 2.45) is 0 Å². The molecule has 0 saturated heterocycles. The van der Waals surface area contributed by atoms with Crippen LogP contribution >= 0.6 is 15.9 Å². The lowest BCUT2D eigenvalue weighted by molar-refractivity contribution is -0.907. The summed E-state index contributed by atoms with van der Waals surface area (Å²) in [5, 5.41) is 2.91. The smallest absolute Gasteiger partial charge is 0.282 e. The number of nitrogens with one attached hydrogen (secondary N) is 2. The minimum atomic E-state index is -0.204. The molecule has 2 atom stereocenters. The van der Waals surface area contributed by atoms with Gasteiger partial charge in [0, 0.05) is 21.3 Å². The van der Waals surface area contributed by atoms with Gasteiger partial charge in [0.25, 0.3) is 5.91 Å². The first-order chi connectivity index (χ1) is 11.4. The molecule has 0 radical (unpaired) electrons. The lowest BCUT2D eigenvalue weighted by atomic mass is 10.1. The summed E-state index contributed by atoms with van der Waals surface area (Å²) < 4.78 is 1.05. The van der Waals surface area contributed by atoms with Crippen LogP contribution in [-0.2, 0) is 11.3 Å². The minimum absolute atomic E-state index is 0.0128. The second-order valence-corrected chi connectivity index (χ2v) is 6.81. The van der Waals surface area contributed by atoms with Crippen molar-refractivity contribution >= 4 is 33.3 Å². The van der Waals surface area contributed by atoms with Gasteiger partial charge in [0.15, 0.2) is 11.8 Å². The summed E-state index contributed by atoms with van der Waals surface area (Å²) in [6, 6.07) is 14.8. The molecule has 0 saturated carbocycles. The van der Waals surface area contributed by atoms with E-state index in [9.17, 15) is 9.59 Å². The minimum Gasteiger partial charge on any atom is -0.324 e. The number of amides is 1. The van der Waals surface area contributed by atoms with E-state index in [1.54, 1.807) is 24.3 Å². The Morgan fingerprint density at radius 3 is 2.33 bits per heavy atom. The van der Waals surface area contributed by atoms with E-state index in [2.05, 4.69) is 27.3 Å². The summed E-state index contributed by atoms with van der Waals surface area (Å²) in [6.07, 6.45) is 0. The Morgan fingerprint density at radius 1 is 1.12 bits per heavy atom. The van der Waals surface area contributed by atoms with E-state index in [1.165, 1.54) is 12.5 Å². The van der Waals surface area contributed by atoms with Gasteiger partial charge in [0.2, 0.25) is 0 Å². The SMILES string of the molecule is CC(=O)c1ccc(NC(=O)[C@H](C)[NH+](C)Cc2ccccc2Br)cc1. The largest absolute Gasteiger partial charge is 0.324 e. The third-order valence-corrected chi connectivity index (χ3v) is 4.89. The summed E-state index contributed by atoms with van der Waals surface area (Å²) in [5.74, 6) is -0.0333. The molecule has 1 amide bonds. The van der Waals surface area contributed by atoms with Crippen molar-refractivity contribution in [1.29, 1.82) is 0 Å². The van der Waals surface area contributed by atoms with E-state index in [-0.39, 0.29) is 17.7 Å². The zero-order valence-electron chi connectivity index (χ0n) is 14.1. The van der Waals surface area contributed by atoms with Crippen molar-refractivity contribution in [2.45, 2.75) is 26.4 Å². The van der Waals surface area contributed by atoms with Gasteiger partial charge >= 0.3 is 0 Å². The average molecular weight is 390 g/mol. The molecule has 0 fully saturated rings. The third kappa shape index (κ3) is 4.76. The molecule has 0 aromatic heterocycles. The fraction of sp³-hybridized carbons (Fsp3) is 0.263. The van der Waals surface area contributed by atoms with Crippen LogP contribution in [0.2, 0.25) is 0 Å². The Balaban J connectivity index is 1.98. The number of hydrogen-bond acceptors (Lipinski definition) is 2. The standard InChI is InChI=1S/C19H21BrN2O2/c1-13(22(3)12-16-6-4-5-7-18(16)20)19(24)21-17-10-8-15(9-11-17)14(2)23/h4-11,13H,12H2,1-3H3,(H,21,24)/p+1/t13-/m0/s1. The fourth-order valence-electron chi connectivity index (χ4n) is 2.36. The van der Waals surface area contributed by atoms with Crippen LogP contribution in [0.25, 0.3) is 0 Å². The molecule has 126 valence electrons. The lowest BCUT2D eigenvalue weighted by Crippen LogP contribution is -3.12. The van der Waals surface area contributed by atoms with Crippen LogP contribution in [0.3, 0.4) is 0 Å². The summed E-state index contributed by atoms with van der Waals surface area (Å²) in [7, 11) is 2.00. The Bertz CT molecular complexity index is 728. The predicted octanol–water partition coefficient (Wildman–Crippen LogP) is 2.69. The number of carbonyl (C=O) groups excluding carboxylic acids is 2. The van der Waals surface area contributed by atoms with Gasteiger partial charge in [0.1, 0.15) is 6.54 Å². The molecular weight excluding hydrogens is 368 g/mol. The molecule has 0 aliphatic heterocycles. The van der Waals surface area contributed by atoms with Crippen molar-refractivity contribution in [3.05, 3.63) is 64.1 Å². The number of rotatable bonds is 6. The number of carbonyl (C=O) groups is 2. The molecule has 5 heteroatoms. The highest BCUT2D eigenvalue weighted by Crippen LogP contribution is 2.14. The van der Waals surface area contributed by atoms with E-state index >= 15 is 0 Å². The van der Waals surface area contributed by atoms with Gasteiger partial charge in [-0.05, 0) is 44.2 Å². The molecule has 0 aliphatic rings. The van der Waals surface area contributed by atoms with Gasteiger partial charge in [-0.15, -0.1) is 0 Å². The zero-order valence-corrected chi connectivity index (χ0v) is 15.7. The van der Waals surface area contributed by atoms with E-state index < -0.39 is 0 Å². The Labute approximate surface area is 151 Å². The normalized spacial score (nSPS) is 13.2. The number of benzene rings is 2. The number of halogens is 1. The van der Waals surface area contributed by atoms with Crippen molar-refractivity contribution in [3.8, 4) is 0 Å². The summed E-state index contributed by atoms with van der Waals surface area (Å²) in [5.41, 5.74) is 2.50. The van der Waals surface area contributed by atoms with Crippen molar-refractivity contribution in [1.82, 2.24) is 0 Å². The predicted molar refractivity (Wildman–Crippen MR) is 99.3 cm³/mol. The average Bonchev–Trinajstić information content (AvgIpc) is 2.56. The molecule has 0 aliphatic carbocycles. The first kappa shape index (κ1) is 18.4. The van der Waals surface area contributed by atoms with Gasteiger partial charge < -0.3 is 10.2 Å². The second kappa shape index (κ2) is 8.22. The first-order valence-corrected chi connectivity index (χ1v) is 8.65. The Kier molecular flexibility index (Phi) is 6.29. The van der Waals surface area contributed by atoms with Crippen LogP contribution in [0.1, 0.15) is 29.8 Å². The first-order valence-electron chi connectivity index (χ1n) is 7.86. The number of likely N-dealkylation sites (N-methyl/N-ethyl adjacent to an activating group) is 1. The molecule has 2 aromatic carbocycles. The van der Waals surface area contributed by atoms with Gasteiger partial charge in [-0.1, -0.05) is 34.1 Å². The Morgan fingerprint density at radius 2 is 1.75 bits per heavy atom. The summed E-state index contributed by atoms with van der Waals surface area (Å²) >= 11 is 3.54. The topological polar surface area (TPSA) is 50.6 Å². The highest BCUT2D eigenvalue weighted by molar-refractivity contribution is 9.10. The molecule has 0 spiro atoms. The second-order valence-electron chi connectivity index (χ2n) is 5.96. The highest BCUT2D eigenvalue weighted by Gasteiger charge is 2.22. The molecule has 0 bridgehead atoms. The number of ketones is 1. The molecule has 0 heterocycles. The number of Topliss-reactive ketones (excluding diaryl/α,β-unsaturated/α-hetero) is 1. The molecule has 1 unspecified atom stereocenters. The van der Waals surface area contributed by atoms with Gasteiger partial charge in [-0.2, -0.15) is 0 Å². The molecule has 24 heavy (non-hydrogen) atoms. The zero-order chi connectivity index (χ0) is 17.7. The number of anilines is 1. The molecule has 2 N–H and O–H groups in total. The van der Waals surface area contributed by atoms with Crippen LogP contribution in [0.15, 0.2) is 53.0 Å². The maximum absolute atomic E-state index is 12.4. The van der Waals surface area contributed by atoms with Crippen LogP contribution in [0, 0.1) is 0 Å². The molecule has 4 nitrogen and oxygen atoms in total. The van der Waals surface area contributed by atoms with Gasteiger partial charge in [0.05, 0.1) is 7.05 Å². The van der Waals surface area contributed by atoms with Gasteiger partial charge in [-0.3, -0.25) is 9.59 Å². The van der Waals surface area contributed by atoms with E-state index in [0.717, 1.165) is 15.9 Å². The number of quaternary nitrogens is 1. The van der Waals surface area contributed by atoms with E-state index in [1.807, 2.05) is 32.2 Å². The molecule has 2 aromatic rings. The van der Waals surface area contributed by atoms with E-state index in [0.29, 0.717) is 11.3 Å². The van der Waals surface area contributed by atoms with Crippen LogP contribution in [0.5, 0.6) is 0 Å². The lowest BCUT2D eigenvalue weighted by Gasteiger charge is -2.21. The van der Waals surface area contributed by atoms with Gasteiger partial charge in [-0.25, -0.2) is 0 Å². The fourth-order valence-corrected chi connectivity index (χ4v) is 2.78. The third-order valence-electron chi connectivity index (χ3n) is 4.12. The van der Waals surface area contributed by atoms with Crippen LogP contribution in [-0.4, -0.2) is 24.8 Å². The van der Waals surface area contributed by atoms with Crippen LogP contribution in [0.4, 0.5) is 5.69 Å². The van der Waals surface area contributed by atoms with Crippen molar-refractivity contribution in [2.75, 3.05) is 12.4 Å². The Hall–Kier alpha value is -1.98.